The van der Waals surface area contributed by atoms with E-state index in [1.54, 1.807) is 0 Å². The molecular formula is C12H10CoN4O4-4. The van der Waals surface area contributed by atoms with Crippen LogP contribution in [-0.4, -0.2) is 37.7 Å². The van der Waals surface area contributed by atoms with Crippen molar-refractivity contribution in [2.45, 2.75) is 0 Å². The number of amides is 4. The van der Waals surface area contributed by atoms with Crippen molar-refractivity contribution in [3.05, 3.63) is 45.5 Å². The Labute approximate surface area is 131 Å². The molecule has 0 aliphatic carbocycles. The van der Waals surface area contributed by atoms with E-state index in [0.717, 1.165) is 14.1 Å². The zero-order valence-electron chi connectivity index (χ0n) is 11.1. The van der Waals surface area contributed by atoms with Gasteiger partial charge in [-0.15, -0.1) is 25.5 Å². The van der Waals surface area contributed by atoms with Crippen LogP contribution >= 0.6 is 0 Å². The molecule has 1 aromatic rings. The molecule has 0 bridgehead atoms. The number of hydrogen-bond donors (Lipinski definition) is 0. The topological polar surface area (TPSA) is 125 Å². The van der Waals surface area contributed by atoms with Gasteiger partial charge >= 0.3 is 0 Å². The first kappa shape index (κ1) is 18.6. The maximum absolute atomic E-state index is 11.3. The number of hydrogen-bond acceptors (Lipinski definition) is 4. The van der Waals surface area contributed by atoms with Gasteiger partial charge in [0.05, 0.1) is 11.8 Å². The van der Waals surface area contributed by atoms with Crippen LogP contribution in [0, 0.1) is 0 Å². The Balaban J connectivity index is 0.00000400. The third-order valence-corrected chi connectivity index (χ3v) is 2.10. The van der Waals surface area contributed by atoms with Gasteiger partial charge in [0.1, 0.15) is 11.8 Å². The molecular weight excluding hydrogens is 323 g/mol. The third-order valence-electron chi connectivity index (χ3n) is 2.10. The van der Waals surface area contributed by atoms with Gasteiger partial charge in [-0.05, 0) is 0 Å². The number of nitrogens with zero attached hydrogens (tertiary/aromatic N) is 4. The molecule has 0 heterocycles. The van der Waals surface area contributed by atoms with Crippen LogP contribution in [0.15, 0.2) is 24.3 Å². The van der Waals surface area contributed by atoms with Crippen molar-refractivity contribution in [1.29, 1.82) is 0 Å². The number of likely N-dealkylation sites (N-methyl/N-ethyl adjacent to an activating group) is 2. The van der Waals surface area contributed by atoms with Crippen molar-refractivity contribution < 1.29 is 36.0 Å². The minimum absolute atomic E-state index is 0. The number of benzene rings is 1. The van der Waals surface area contributed by atoms with Gasteiger partial charge in [0.25, 0.3) is 0 Å². The van der Waals surface area contributed by atoms with Crippen LogP contribution in [0.4, 0.5) is 11.4 Å². The van der Waals surface area contributed by atoms with Crippen molar-refractivity contribution in [3.63, 3.8) is 0 Å². The molecule has 0 aliphatic rings. The Morgan fingerprint density at radius 3 is 1.33 bits per heavy atom. The summed E-state index contributed by atoms with van der Waals surface area (Å²) in [6.45, 7) is 0. The zero-order chi connectivity index (χ0) is 15.1. The predicted molar refractivity (Wildman–Crippen MR) is 71.1 cm³/mol. The molecule has 8 nitrogen and oxygen atoms in total. The van der Waals surface area contributed by atoms with E-state index in [-0.39, 0.29) is 28.2 Å². The van der Waals surface area contributed by atoms with Crippen molar-refractivity contribution in [2.24, 2.45) is 0 Å². The van der Waals surface area contributed by atoms with Crippen molar-refractivity contribution in [1.82, 2.24) is 0 Å². The molecule has 0 atom stereocenters. The van der Waals surface area contributed by atoms with Gasteiger partial charge < -0.3 is 40.4 Å². The summed E-state index contributed by atoms with van der Waals surface area (Å²) in [6.07, 6.45) is 0. The Bertz CT molecular complexity index is 513. The normalized spacial score (nSPS) is 8.86. The Morgan fingerprint density at radius 2 is 1.05 bits per heavy atom. The first-order valence-electron chi connectivity index (χ1n) is 5.38. The van der Waals surface area contributed by atoms with E-state index in [4.69, 9.17) is 0 Å². The minimum Gasteiger partial charge on any atom is -0.651 e. The average Bonchev–Trinajstić information content (AvgIpc) is 2.47. The molecule has 0 spiro atoms. The quantitative estimate of drug-likeness (QED) is 0.765. The van der Waals surface area contributed by atoms with Gasteiger partial charge in [-0.2, -0.15) is 0 Å². The summed E-state index contributed by atoms with van der Waals surface area (Å²) >= 11 is 0. The van der Waals surface area contributed by atoms with Crippen LogP contribution in [-0.2, 0) is 36.0 Å². The zero-order valence-corrected chi connectivity index (χ0v) is 12.1. The standard InChI is InChI=1S/C12H14N4O4.Co/c1-13-9(17)11(19)15-7-5-3-4-6-8(7)16-12(20)10(18)14-2;/h3-6H,1-2H3,(H4,13,14,15,16,17,18,19,20);/p-4. The maximum atomic E-state index is 11.3. The fraction of sp³-hybridized carbons (Fsp3) is 0.167. The van der Waals surface area contributed by atoms with Gasteiger partial charge in [0.2, 0.25) is 0 Å². The van der Waals surface area contributed by atoms with Gasteiger partial charge in [-0.1, -0.05) is 24.3 Å². The van der Waals surface area contributed by atoms with Gasteiger partial charge in [-0.3, -0.25) is 0 Å². The summed E-state index contributed by atoms with van der Waals surface area (Å²) in [5, 5.41) is 13.3. The van der Waals surface area contributed by atoms with E-state index >= 15 is 0 Å². The monoisotopic (exact) mass is 333 g/mol. The largest absolute Gasteiger partial charge is 0.651 e. The molecule has 0 saturated carbocycles. The second-order valence-corrected chi connectivity index (χ2v) is 3.38. The molecule has 1 radical (unpaired) electrons. The molecule has 115 valence electrons. The summed E-state index contributed by atoms with van der Waals surface area (Å²) in [6, 6.07) is 5.82. The first-order chi connectivity index (χ1) is 9.49. The third kappa shape index (κ3) is 5.24. The van der Waals surface area contributed by atoms with Gasteiger partial charge in [0.15, 0.2) is 0 Å². The smallest absolute Gasteiger partial charge is 0.103 e. The van der Waals surface area contributed by atoms with E-state index in [1.807, 2.05) is 0 Å². The SMILES string of the molecule is C[N-]C(=O)C(=O)[N-]c1ccccc1[N-]C(=O)C(=O)[N-]C.[Co]. The van der Waals surface area contributed by atoms with Crippen LogP contribution < -0.4 is 0 Å². The molecule has 4 amide bonds. The van der Waals surface area contributed by atoms with E-state index in [9.17, 15) is 19.2 Å². The minimum atomic E-state index is -1.09. The van der Waals surface area contributed by atoms with Gasteiger partial charge in [0, 0.05) is 16.8 Å². The molecule has 0 fully saturated rings. The summed E-state index contributed by atoms with van der Waals surface area (Å²) < 4.78 is 0. The molecule has 1 rings (SSSR count). The fourth-order valence-corrected chi connectivity index (χ4v) is 1.16. The summed E-state index contributed by atoms with van der Waals surface area (Å²) in [5.74, 6) is -4.22. The van der Waals surface area contributed by atoms with Crippen molar-refractivity contribution >= 4 is 35.0 Å². The Hall–Kier alpha value is -2.39. The Kier molecular flexibility index (Phi) is 7.72. The van der Waals surface area contributed by atoms with Crippen LogP contribution in [0.3, 0.4) is 0 Å². The maximum Gasteiger partial charge on any atom is 0.103 e. The second kappa shape index (κ2) is 8.71. The predicted octanol–water partition coefficient (Wildman–Crippen LogP) is 1.81. The van der Waals surface area contributed by atoms with Crippen molar-refractivity contribution in [2.75, 3.05) is 14.1 Å². The molecule has 0 unspecified atom stereocenters. The second-order valence-electron chi connectivity index (χ2n) is 3.38. The number of carbonyl (C=O) groups is 4. The molecule has 21 heavy (non-hydrogen) atoms. The molecule has 0 aliphatic heterocycles. The Morgan fingerprint density at radius 1 is 0.714 bits per heavy atom. The van der Waals surface area contributed by atoms with Crippen LogP contribution in [0.5, 0.6) is 0 Å². The summed E-state index contributed by atoms with van der Waals surface area (Å²) in [5.41, 5.74) is -0.0153. The number of rotatable bonds is 2. The first-order valence-corrected chi connectivity index (χ1v) is 5.38. The van der Waals surface area contributed by atoms with Crippen molar-refractivity contribution in [3.8, 4) is 0 Å². The molecule has 0 N–H and O–H groups in total. The van der Waals surface area contributed by atoms with Crippen LogP contribution in [0.1, 0.15) is 0 Å². The average molecular weight is 333 g/mol. The van der Waals surface area contributed by atoms with Crippen LogP contribution in [0.25, 0.3) is 21.3 Å². The number of para-hydroxylation sites is 2. The fourth-order valence-electron chi connectivity index (χ4n) is 1.16. The molecule has 9 heteroatoms. The number of carbonyl (C=O) groups excluding carboxylic acids is 4. The van der Waals surface area contributed by atoms with Gasteiger partial charge in [-0.25, -0.2) is 0 Å². The molecule has 0 aromatic heterocycles. The molecule has 0 saturated heterocycles. The summed E-state index contributed by atoms with van der Waals surface area (Å²) in [4.78, 5) is 44.8. The van der Waals surface area contributed by atoms with Crippen LogP contribution in [0.2, 0.25) is 0 Å². The molecule has 1 aromatic carbocycles. The van der Waals surface area contributed by atoms with E-state index in [2.05, 4.69) is 21.3 Å². The van der Waals surface area contributed by atoms with E-state index < -0.39 is 23.6 Å². The summed E-state index contributed by atoms with van der Waals surface area (Å²) in [7, 11) is 2.33. The van der Waals surface area contributed by atoms with E-state index in [0.29, 0.717) is 0 Å². The van der Waals surface area contributed by atoms with E-state index in [1.165, 1.54) is 24.3 Å².